The molecule has 25 heavy (non-hydrogen) atoms. The van der Waals surface area contributed by atoms with E-state index in [-0.39, 0.29) is 24.6 Å². The van der Waals surface area contributed by atoms with E-state index in [1.165, 1.54) is 21.8 Å². The summed E-state index contributed by atoms with van der Waals surface area (Å²) in [4.78, 5) is 28.8. The number of nitrogens with zero attached hydrogens (tertiary/aromatic N) is 3. The van der Waals surface area contributed by atoms with Crippen LogP contribution in [0.5, 0.6) is 0 Å². The third kappa shape index (κ3) is 3.18. The summed E-state index contributed by atoms with van der Waals surface area (Å²) in [6, 6.07) is 11.4. The van der Waals surface area contributed by atoms with Gasteiger partial charge < -0.3 is 9.30 Å². The van der Waals surface area contributed by atoms with Gasteiger partial charge in [-0.1, -0.05) is 18.2 Å². The lowest BCUT2D eigenvalue weighted by Crippen LogP contribution is -2.15. The largest absolute Gasteiger partial charge is 0.459 e. The average Bonchev–Trinajstić information content (AvgIpc) is 3.25. The van der Waals surface area contributed by atoms with E-state index in [1.807, 2.05) is 41.1 Å². The first-order chi connectivity index (χ1) is 12.2. The van der Waals surface area contributed by atoms with Crippen LogP contribution >= 0.6 is 11.3 Å². The number of rotatable bonds is 5. The van der Waals surface area contributed by atoms with Gasteiger partial charge in [0.05, 0.1) is 12.1 Å². The molecule has 126 valence electrons. The number of para-hydroxylation sites is 1. The van der Waals surface area contributed by atoms with Gasteiger partial charge in [0.15, 0.2) is 4.96 Å². The van der Waals surface area contributed by atoms with E-state index < -0.39 is 0 Å². The van der Waals surface area contributed by atoms with Crippen molar-refractivity contribution in [1.82, 2.24) is 14.0 Å². The molecule has 0 fully saturated rings. The minimum absolute atomic E-state index is 0.00883. The van der Waals surface area contributed by atoms with Crippen LogP contribution in [0, 0.1) is 0 Å². The molecule has 0 bridgehead atoms. The quantitative estimate of drug-likeness (QED) is 0.518. The molecule has 0 aliphatic rings. The van der Waals surface area contributed by atoms with E-state index in [9.17, 15) is 9.59 Å². The molecule has 4 aromatic rings. The van der Waals surface area contributed by atoms with Crippen LogP contribution in [-0.2, 0) is 22.7 Å². The van der Waals surface area contributed by atoms with Crippen molar-refractivity contribution in [3.05, 3.63) is 70.2 Å². The Bertz CT molecular complexity index is 1110. The molecule has 0 saturated carbocycles. The molecule has 0 saturated heterocycles. The van der Waals surface area contributed by atoms with Crippen molar-refractivity contribution in [3.63, 3.8) is 0 Å². The summed E-state index contributed by atoms with van der Waals surface area (Å²) in [5.41, 5.74) is 1.39. The first kappa shape index (κ1) is 15.6. The highest BCUT2D eigenvalue weighted by atomic mass is 32.1. The molecule has 3 aromatic heterocycles. The van der Waals surface area contributed by atoms with Crippen LogP contribution in [0.1, 0.15) is 12.1 Å². The Labute approximate surface area is 146 Å². The highest BCUT2D eigenvalue weighted by Crippen LogP contribution is 2.15. The summed E-state index contributed by atoms with van der Waals surface area (Å²) in [5, 5.41) is 2.94. The summed E-state index contributed by atoms with van der Waals surface area (Å²) >= 11 is 1.37. The molecule has 0 amide bonds. The summed E-state index contributed by atoms with van der Waals surface area (Å²) in [5.74, 6) is -0.314. The summed E-state index contributed by atoms with van der Waals surface area (Å²) in [6.45, 7) is 0.557. The van der Waals surface area contributed by atoms with Gasteiger partial charge in [-0.05, 0) is 17.5 Å². The number of hydrogen-bond acceptors (Lipinski definition) is 5. The van der Waals surface area contributed by atoms with Crippen LogP contribution in [-0.4, -0.2) is 19.9 Å². The monoisotopic (exact) mass is 353 g/mol. The van der Waals surface area contributed by atoms with Gasteiger partial charge in [-0.2, -0.15) is 0 Å². The SMILES string of the molecule is O=C(CCn1ccc2ccccc21)OCc1cc(=O)n2ccsc2n1. The van der Waals surface area contributed by atoms with Crippen molar-refractivity contribution < 1.29 is 9.53 Å². The summed E-state index contributed by atoms with van der Waals surface area (Å²) < 4.78 is 8.75. The number of aromatic nitrogens is 3. The Balaban J connectivity index is 1.38. The molecule has 0 unspecified atom stereocenters. The van der Waals surface area contributed by atoms with Crippen LogP contribution in [0.15, 0.2) is 59.0 Å². The van der Waals surface area contributed by atoms with Gasteiger partial charge in [0.2, 0.25) is 0 Å². The number of aryl methyl sites for hydroxylation is 1. The lowest BCUT2D eigenvalue weighted by atomic mass is 10.2. The van der Waals surface area contributed by atoms with Crippen LogP contribution in [0.25, 0.3) is 15.9 Å². The molecule has 0 spiro atoms. The van der Waals surface area contributed by atoms with Crippen molar-refractivity contribution in [2.24, 2.45) is 0 Å². The van der Waals surface area contributed by atoms with E-state index in [0.717, 1.165) is 10.9 Å². The van der Waals surface area contributed by atoms with Gasteiger partial charge >= 0.3 is 5.97 Å². The maximum absolute atomic E-state index is 12.0. The Morgan fingerprint density at radius 3 is 3.00 bits per heavy atom. The smallest absolute Gasteiger partial charge is 0.307 e. The van der Waals surface area contributed by atoms with Crippen LogP contribution in [0.3, 0.4) is 0 Å². The lowest BCUT2D eigenvalue weighted by Gasteiger charge is -2.07. The molecule has 0 N–H and O–H groups in total. The Hall–Kier alpha value is -2.93. The highest BCUT2D eigenvalue weighted by Gasteiger charge is 2.08. The molecule has 1 aromatic carbocycles. The van der Waals surface area contributed by atoms with Gasteiger partial charge in [0.25, 0.3) is 5.56 Å². The molecule has 0 aliphatic carbocycles. The molecule has 4 rings (SSSR count). The maximum Gasteiger partial charge on any atom is 0.307 e. The van der Waals surface area contributed by atoms with Crippen LogP contribution in [0.4, 0.5) is 0 Å². The van der Waals surface area contributed by atoms with Gasteiger partial charge in [0.1, 0.15) is 6.61 Å². The maximum atomic E-state index is 12.0. The zero-order valence-electron chi connectivity index (χ0n) is 13.3. The Kier molecular flexibility index (Phi) is 4.07. The van der Waals surface area contributed by atoms with E-state index in [2.05, 4.69) is 4.98 Å². The van der Waals surface area contributed by atoms with E-state index in [1.54, 1.807) is 11.6 Å². The third-order valence-corrected chi connectivity index (χ3v) is 4.73. The molecular formula is C18H15N3O3S. The zero-order chi connectivity index (χ0) is 17.2. The number of benzene rings is 1. The van der Waals surface area contributed by atoms with Gasteiger partial charge in [-0.25, -0.2) is 4.98 Å². The number of carbonyl (C=O) groups is 1. The number of fused-ring (bicyclic) bond motifs is 2. The fraction of sp³-hybridized carbons (Fsp3) is 0.167. The number of esters is 1. The molecule has 3 heterocycles. The van der Waals surface area contributed by atoms with Crippen molar-refractivity contribution in [3.8, 4) is 0 Å². The second-order valence-corrected chi connectivity index (χ2v) is 6.49. The molecule has 0 atom stereocenters. The molecule has 0 radical (unpaired) electrons. The first-order valence-electron chi connectivity index (χ1n) is 7.86. The number of carbonyl (C=O) groups excluding carboxylic acids is 1. The molecular weight excluding hydrogens is 338 g/mol. The number of hydrogen-bond donors (Lipinski definition) is 0. The van der Waals surface area contributed by atoms with E-state index in [4.69, 9.17) is 4.74 Å². The predicted molar refractivity (Wildman–Crippen MR) is 95.7 cm³/mol. The highest BCUT2D eigenvalue weighted by molar-refractivity contribution is 7.15. The van der Waals surface area contributed by atoms with Crippen LogP contribution < -0.4 is 5.56 Å². The molecule has 6 nitrogen and oxygen atoms in total. The van der Waals surface area contributed by atoms with E-state index in [0.29, 0.717) is 17.2 Å². The average molecular weight is 353 g/mol. The first-order valence-corrected chi connectivity index (χ1v) is 8.74. The fourth-order valence-electron chi connectivity index (χ4n) is 2.74. The third-order valence-electron chi connectivity index (χ3n) is 3.97. The van der Waals surface area contributed by atoms with Gasteiger partial charge in [0, 0.05) is 35.9 Å². The Morgan fingerprint density at radius 1 is 1.20 bits per heavy atom. The molecule has 0 aliphatic heterocycles. The van der Waals surface area contributed by atoms with E-state index >= 15 is 0 Å². The normalized spacial score (nSPS) is 11.2. The second-order valence-electron chi connectivity index (χ2n) is 5.62. The number of thiazole rings is 1. The predicted octanol–water partition coefficient (Wildman–Crippen LogP) is 2.84. The standard InChI is InChI=1S/C18H15N3O3S/c22-16-11-14(19-18-21(16)9-10-25-18)12-24-17(23)6-8-20-7-5-13-3-1-2-4-15(13)20/h1-5,7,9-11H,6,8,12H2. The zero-order valence-corrected chi connectivity index (χ0v) is 14.1. The van der Waals surface area contributed by atoms with Gasteiger partial charge in [-0.3, -0.25) is 14.0 Å². The van der Waals surface area contributed by atoms with Crippen molar-refractivity contribution in [1.29, 1.82) is 0 Å². The van der Waals surface area contributed by atoms with Crippen molar-refractivity contribution in [2.45, 2.75) is 19.6 Å². The van der Waals surface area contributed by atoms with Gasteiger partial charge in [-0.15, -0.1) is 11.3 Å². The minimum atomic E-state index is -0.314. The Morgan fingerprint density at radius 2 is 2.08 bits per heavy atom. The summed E-state index contributed by atoms with van der Waals surface area (Å²) in [6.07, 6.45) is 3.90. The van der Waals surface area contributed by atoms with Crippen molar-refractivity contribution >= 4 is 33.2 Å². The number of ether oxygens (including phenoxy) is 1. The second kappa shape index (κ2) is 6.52. The van der Waals surface area contributed by atoms with Crippen molar-refractivity contribution in [2.75, 3.05) is 0 Å². The molecule has 7 heteroatoms. The topological polar surface area (TPSA) is 65.6 Å². The summed E-state index contributed by atoms with van der Waals surface area (Å²) in [7, 11) is 0. The fourth-order valence-corrected chi connectivity index (χ4v) is 3.47. The lowest BCUT2D eigenvalue weighted by molar-refractivity contribution is -0.145. The minimum Gasteiger partial charge on any atom is -0.459 e. The van der Waals surface area contributed by atoms with Crippen LogP contribution in [0.2, 0.25) is 0 Å².